The summed E-state index contributed by atoms with van der Waals surface area (Å²) >= 11 is 0. The summed E-state index contributed by atoms with van der Waals surface area (Å²) in [5.74, 6) is 1.48. The van der Waals surface area contributed by atoms with E-state index in [0.29, 0.717) is 42.1 Å². The van der Waals surface area contributed by atoms with Crippen molar-refractivity contribution >= 4 is 11.7 Å². The summed E-state index contributed by atoms with van der Waals surface area (Å²) in [6.45, 7) is 1.69. The maximum Gasteiger partial charge on any atom is 0.222 e. The predicted octanol–water partition coefficient (Wildman–Crippen LogP) is 3.08. The highest BCUT2D eigenvalue weighted by Gasteiger charge is 2.19. The van der Waals surface area contributed by atoms with E-state index >= 15 is 0 Å². The molecule has 1 heterocycles. The quantitative estimate of drug-likeness (QED) is 0.675. The molecule has 0 spiro atoms. The van der Waals surface area contributed by atoms with Crippen LogP contribution in [0.5, 0.6) is 17.2 Å². The molecule has 0 aliphatic carbocycles. The number of hydrogen-bond acceptors (Lipinski definition) is 5. The maximum atomic E-state index is 12.5. The van der Waals surface area contributed by atoms with Crippen molar-refractivity contribution in [2.75, 3.05) is 34.4 Å². The fraction of sp³-hybridized carbons (Fsp3) is 0.579. The van der Waals surface area contributed by atoms with Crippen molar-refractivity contribution in [3.63, 3.8) is 0 Å². The van der Waals surface area contributed by atoms with E-state index in [-0.39, 0.29) is 11.7 Å². The molecule has 0 bridgehead atoms. The van der Waals surface area contributed by atoms with Gasteiger partial charge in [0.15, 0.2) is 17.3 Å². The Morgan fingerprint density at radius 1 is 0.920 bits per heavy atom. The fourth-order valence-corrected chi connectivity index (χ4v) is 3.09. The van der Waals surface area contributed by atoms with E-state index in [1.807, 2.05) is 4.90 Å². The van der Waals surface area contributed by atoms with Crippen molar-refractivity contribution in [3.8, 4) is 17.2 Å². The summed E-state index contributed by atoms with van der Waals surface area (Å²) in [6, 6.07) is 3.30. The van der Waals surface area contributed by atoms with Gasteiger partial charge < -0.3 is 19.1 Å². The number of amides is 1. The van der Waals surface area contributed by atoms with Crippen LogP contribution in [-0.2, 0) is 4.79 Å². The second-order valence-electron chi connectivity index (χ2n) is 6.13. The number of carbonyl (C=O) groups is 2. The third kappa shape index (κ3) is 4.87. The lowest BCUT2D eigenvalue weighted by Crippen LogP contribution is -2.35. The number of ketones is 1. The lowest BCUT2D eigenvalue weighted by atomic mass is 10.0. The summed E-state index contributed by atoms with van der Waals surface area (Å²) < 4.78 is 15.8. The van der Waals surface area contributed by atoms with Gasteiger partial charge in [-0.25, -0.2) is 0 Å². The van der Waals surface area contributed by atoms with Crippen LogP contribution < -0.4 is 14.2 Å². The van der Waals surface area contributed by atoms with Crippen molar-refractivity contribution in [2.24, 2.45) is 0 Å². The van der Waals surface area contributed by atoms with E-state index in [9.17, 15) is 9.59 Å². The Bertz CT molecular complexity index is 583. The zero-order chi connectivity index (χ0) is 18.2. The van der Waals surface area contributed by atoms with Crippen LogP contribution in [0.25, 0.3) is 0 Å². The molecule has 0 radical (unpaired) electrons. The standard InChI is InChI=1S/C19H27NO5/c1-23-16-12-14(13-17(24-2)19(16)25-3)15(21)8-7-9-18(22)20-10-5-4-6-11-20/h12-13H,4-11H2,1-3H3. The summed E-state index contributed by atoms with van der Waals surface area (Å²) in [6.07, 6.45) is 4.63. The Hall–Kier alpha value is -2.24. The van der Waals surface area contributed by atoms with E-state index < -0.39 is 0 Å². The van der Waals surface area contributed by atoms with Gasteiger partial charge in [0.2, 0.25) is 11.7 Å². The van der Waals surface area contributed by atoms with E-state index in [1.165, 1.54) is 27.8 Å². The van der Waals surface area contributed by atoms with Crippen molar-refractivity contribution in [1.29, 1.82) is 0 Å². The van der Waals surface area contributed by atoms with Gasteiger partial charge in [0.25, 0.3) is 0 Å². The van der Waals surface area contributed by atoms with E-state index in [4.69, 9.17) is 14.2 Å². The smallest absolute Gasteiger partial charge is 0.222 e. The van der Waals surface area contributed by atoms with Gasteiger partial charge >= 0.3 is 0 Å². The highest BCUT2D eigenvalue weighted by molar-refractivity contribution is 5.97. The first kappa shape index (κ1) is 19.1. The molecule has 0 saturated carbocycles. The third-order valence-electron chi connectivity index (χ3n) is 4.49. The number of methoxy groups -OCH3 is 3. The minimum Gasteiger partial charge on any atom is -0.493 e. The zero-order valence-electron chi connectivity index (χ0n) is 15.3. The lowest BCUT2D eigenvalue weighted by molar-refractivity contribution is -0.132. The average Bonchev–Trinajstić information content (AvgIpc) is 2.67. The molecular weight excluding hydrogens is 322 g/mol. The molecule has 1 saturated heterocycles. The molecule has 0 N–H and O–H groups in total. The number of carbonyl (C=O) groups excluding carboxylic acids is 2. The third-order valence-corrected chi connectivity index (χ3v) is 4.49. The molecule has 1 amide bonds. The Balaban J connectivity index is 1.95. The maximum absolute atomic E-state index is 12.5. The molecule has 6 heteroatoms. The summed E-state index contributed by atoms with van der Waals surface area (Å²) in [5.41, 5.74) is 0.500. The Labute approximate surface area is 149 Å². The first-order valence-corrected chi connectivity index (χ1v) is 8.71. The molecule has 2 rings (SSSR count). The number of rotatable bonds is 8. The van der Waals surface area contributed by atoms with Gasteiger partial charge in [0, 0.05) is 31.5 Å². The zero-order valence-corrected chi connectivity index (χ0v) is 15.3. The molecule has 0 aromatic heterocycles. The molecule has 6 nitrogen and oxygen atoms in total. The normalized spacial score (nSPS) is 14.1. The summed E-state index contributed by atoms with van der Waals surface area (Å²) in [4.78, 5) is 26.5. The molecule has 1 aromatic rings. The second kappa shape index (κ2) is 9.30. The van der Waals surface area contributed by atoms with Gasteiger partial charge in [-0.1, -0.05) is 0 Å². The number of piperidine rings is 1. The van der Waals surface area contributed by atoms with Crippen LogP contribution in [0.3, 0.4) is 0 Å². The second-order valence-corrected chi connectivity index (χ2v) is 6.13. The van der Waals surface area contributed by atoms with Crippen LogP contribution in [0.15, 0.2) is 12.1 Å². The molecule has 25 heavy (non-hydrogen) atoms. The van der Waals surface area contributed by atoms with Crippen LogP contribution in [-0.4, -0.2) is 51.0 Å². The molecule has 1 aromatic carbocycles. The van der Waals surface area contributed by atoms with Crippen LogP contribution in [0.2, 0.25) is 0 Å². The van der Waals surface area contributed by atoms with Crippen molar-refractivity contribution in [3.05, 3.63) is 17.7 Å². The van der Waals surface area contributed by atoms with Gasteiger partial charge in [-0.05, 0) is 37.8 Å². The van der Waals surface area contributed by atoms with E-state index in [1.54, 1.807) is 12.1 Å². The number of hydrogen-bond donors (Lipinski definition) is 0. The molecule has 1 fully saturated rings. The minimum absolute atomic E-state index is 0.0364. The topological polar surface area (TPSA) is 65.1 Å². The SMILES string of the molecule is COc1cc(C(=O)CCCC(=O)N2CCCCC2)cc(OC)c1OC. The molecule has 0 atom stereocenters. The number of nitrogens with zero attached hydrogens (tertiary/aromatic N) is 1. The van der Waals surface area contributed by atoms with Gasteiger partial charge in [-0.15, -0.1) is 0 Å². The lowest BCUT2D eigenvalue weighted by Gasteiger charge is -2.26. The van der Waals surface area contributed by atoms with Gasteiger partial charge in [0.05, 0.1) is 21.3 Å². The number of likely N-dealkylation sites (tertiary alicyclic amines) is 1. The predicted molar refractivity (Wildman–Crippen MR) is 94.7 cm³/mol. The van der Waals surface area contributed by atoms with Crippen molar-refractivity contribution in [1.82, 2.24) is 4.90 Å². The van der Waals surface area contributed by atoms with Crippen LogP contribution in [0, 0.1) is 0 Å². The van der Waals surface area contributed by atoms with Gasteiger partial charge in [-0.2, -0.15) is 0 Å². The largest absolute Gasteiger partial charge is 0.493 e. The van der Waals surface area contributed by atoms with E-state index in [2.05, 4.69) is 0 Å². The minimum atomic E-state index is -0.0364. The van der Waals surface area contributed by atoms with Crippen molar-refractivity contribution < 1.29 is 23.8 Å². The van der Waals surface area contributed by atoms with Gasteiger partial charge in [0.1, 0.15) is 0 Å². The Morgan fingerprint density at radius 2 is 1.52 bits per heavy atom. The Kier molecular flexibility index (Phi) is 7.10. The molecular formula is C19H27NO5. The Morgan fingerprint density at radius 3 is 2.04 bits per heavy atom. The van der Waals surface area contributed by atoms with Crippen LogP contribution in [0.4, 0.5) is 0 Å². The number of Topliss-reactive ketones (excluding diaryl/α,β-unsaturated/α-hetero) is 1. The van der Waals surface area contributed by atoms with Crippen molar-refractivity contribution in [2.45, 2.75) is 38.5 Å². The molecule has 1 aliphatic rings. The molecule has 138 valence electrons. The van der Waals surface area contributed by atoms with Crippen LogP contribution in [0.1, 0.15) is 48.9 Å². The highest BCUT2D eigenvalue weighted by Crippen LogP contribution is 2.38. The average molecular weight is 349 g/mol. The summed E-state index contributed by atoms with van der Waals surface area (Å²) in [7, 11) is 4.56. The first-order valence-electron chi connectivity index (χ1n) is 8.71. The van der Waals surface area contributed by atoms with E-state index in [0.717, 1.165) is 25.9 Å². The summed E-state index contributed by atoms with van der Waals surface area (Å²) in [5, 5.41) is 0. The molecule has 0 unspecified atom stereocenters. The number of benzene rings is 1. The monoisotopic (exact) mass is 349 g/mol. The molecule has 1 aliphatic heterocycles. The number of ether oxygens (including phenoxy) is 3. The van der Waals surface area contributed by atoms with Crippen LogP contribution >= 0.6 is 0 Å². The first-order chi connectivity index (χ1) is 12.1. The highest BCUT2D eigenvalue weighted by atomic mass is 16.5. The fourth-order valence-electron chi connectivity index (χ4n) is 3.09. The van der Waals surface area contributed by atoms with Gasteiger partial charge in [-0.3, -0.25) is 9.59 Å².